The van der Waals surface area contributed by atoms with Crippen molar-refractivity contribution in [3.8, 4) is 10.6 Å². The van der Waals surface area contributed by atoms with Crippen molar-refractivity contribution in [2.45, 2.75) is 37.4 Å². The summed E-state index contributed by atoms with van der Waals surface area (Å²) in [6.07, 6.45) is 1.61. The van der Waals surface area contributed by atoms with E-state index in [1.54, 1.807) is 0 Å². The summed E-state index contributed by atoms with van der Waals surface area (Å²) in [6, 6.07) is 8.58. The number of carbonyl (C=O) groups excluding carboxylic acids is 1. The largest absolute Gasteiger partial charge is 0.299 e. The molecule has 2 heterocycles. The molecule has 1 aliphatic carbocycles. The summed E-state index contributed by atoms with van der Waals surface area (Å²) in [4.78, 5) is 23.5. The van der Waals surface area contributed by atoms with Crippen molar-refractivity contribution >= 4 is 22.4 Å². The number of benzene rings is 1. The highest BCUT2D eigenvalue weighted by molar-refractivity contribution is 7.18. The SMILES string of the molecule is O=C(Nc1nnc(-c2ccccc2)s1)C1NNC2CCC([N+](=O)[O-])CC21. The van der Waals surface area contributed by atoms with Gasteiger partial charge in [-0.15, -0.1) is 10.2 Å². The first-order chi connectivity index (χ1) is 12.6. The number of hydrogen-bond donors (Lipinski definition) is 3. The maximum atomic E-state index is 12.6. The number of fused-ring (bicyclic) bond motifs is 1. The molecule has 1 aliphatic heterocycles. The summed E-state index contributed by atoms with van der Waals surface area (Å²) in [5.41, 5.74) is 7.03. The van der Waals surface area contributed by atoms with E-state index in [2.05, 4.69) is 26.4 Å². The zero-order chi connectivity index (χ0) is 18.1. The summed E-state index contributed by atoms with van der Waals surface area (Å²) in [6.45, 7) is 0. The number of nitro groups is 1. The number of aromatic nitrogens is 2. The van der Waals surface area contributed by atoms with Crippen LogP contribution in [0.5, 0.6) is 0 Å². The molecule has 2 aliphatic rings. The van der Waals surface area contributed by atoms with E-state index in [0.29, 0.717) is 24.4 Å². The van der Waals surface area contributed by atoms with Crippen molar-refractivity contribution in [2.75, 3.05) is 5.32 Å². The van der Waals surface area contributed by atoms with Crippen molar-refractivity contribution in [1.82, 2.24) is 21.0 Å². The van der Waals surface area contributed by atoms with Gasteiger partial charge in [0.05, 0.1) is 0 Å². The molecular formula is C16H18N6O3S. The van der Waals surface area contributed by atoms with Crippen LogP contribution in [0, 0.1) is 16.0 Å². The summed E-state index contributed by atoms with van der Waals surface area (Å²) in [7, 11) is 0. The van der Waals surface area contributed by atoms with Gasteiger partial charge in [-0.3, -0.25) is 25.7 Å². The lowest BCUT2D eigenvalue weighted by molar-refractivity contribution is -0.528. The first-order valence-electron chi connectivity index (χ1n) is 8.46. The smallest absolute Gasteiger partial charge is 0.245 e. The van der Waals surface area contributed by atoms with Crippen LogP contribution < -0.4 is 16.2 Å². The number of hydrazine groups is 1. The predicted octanol–water partition coefficient (Wildman–Crippen LogP) is 1.43. The molecule has 0 bridgehead atoms. The van der Waals surface area contributed by atoms with Gasteiger partial charge in [-0.2, -0.15) is 0 Å². The molecule has 4 rings (SSSR count). The highest BCUT2D eigenvalue weighted by atomic mass is 32.1. The quantitative estimate of drug-likeness (QED) is 0.547. The van der Waals surface area contributed by atoms with Gasteiger partial charge in [0.2, 0.25) is 17.1 Å². The highest BCUT2D eigenvalue weighted by Gasteiger charge is 2.46. The Kier molecular flexibility index (Phi) is 4.62. The van der Waals surface area contributed by atoms with Crippen molar-refractivity contribution in [3.05, 3.63) is 40.4 Å². The van der Waals surface area contributed by atoms with E-state index < -0.39 is 12.1 Å². The molecular weight excluding hydrogens is 356 g/mol. The van der Waals surface area contributed by atoms with Gasteiger partial charge in [-0.1, -0.05) is 41.7 Å². The van der Waals surface area contributed by atoms with E-state index >= 15 is 0 Å². The normalized spacial score (nSPS) is 27.7. The molecule has 4 unspecified atom stereocenters. The number of nitrogens with zero attached hydrogens (tertiary/aromatic N) is 3. The molecule has 1 aromatic heterocycles. The summed E-state index contributed by atoms with van der Waals surface area (Å²) in [5, 5.41) is 23.2. The summed E-state index contributed by atoms with van der Waals surface area (Å²) < 4.78 is 0. The fraction of sp³-hybridized carbons (Fsp3) is 0.438. The van der Waals surface area contributed by atoms with Crippen molar-refractivity contribution in [1.29, 1.82) is 0 Å². The third-order valence-electron chi connectivity index (χ3n) is 4.98. The van der Waals surface area contributed by atoms with Crippen LogP contribution in [0.1, 0.15) is 19.3 Å². The Labute approximate surface area is 153 Å². The Hall–Kier alpha value is -2.43. The zero-order valence-electron chi connectivity index (χ0n) is 13.8. The number of carbonyl (C=O) groups is 1. The molecule has 1 aromatic carbocycles. The van der Waals surface area contributed by atoms with Crippen molar-refractivity contribution < 1.29 is 9.72 Å². The lowest BCUT2D eigenvalue weighted by Crippen LogP contribution is -2.44. The first kappa shape index (κ1) is 17.0. The molecule has 2 aromatic rings. The fourth-order valence-corrected chi connectivity index (χ4v) is 4.39. The fourth-order valence-electron chi connectivity index (χ4n) is 3.64. The van der Waals surface area contributed by atoms with Gasteiger partial charge in [0, 0.05) is 35.3 Å². The van der Waals surface area contributed by atoms with Crippen LogP contribution >= 0.6 is 11.3 Å². The second-order valence-electron chi connectivity index (χ2n) is 6.56. The van der Waals surface area contributed by atoms with Crippen LogP contribution in [0.2, 0.25) is 0 Å². The topological polar surface area (TPSA) is 122 Å². The van der Waals surface area contributed by atoms with E-state index in [1.807, 2.05) is 30.3 Å². The minimum absolute atomic E-state index is 0.0799. The lowest BCUT2D eigenvalue weighted by atomic mass is 9.79. The number of hydrogen-bond acceptors (Lipinski definition) is 8. The highest BCUT2D eigenvalue weighted by Crippen LogP contribution is 2.32. The monoisotopic (exact) mass is 374 g/mol. The zero-order valence-corrected chi connectivity index (χ0v) is 14.6. The number of nitrogens with one attached hydrogen (secondary N) is 3. The molecule has 0 radical (unpaired) electrons. The van der Waals surface area contributed by atoms with E-state index in [0.717, 1.165) is 10.6 Å². The molecule has 9 nitrogen and oxygen atoms in total. The van der Waals surface area contributed by atoms with Crippen LogP contribution in [0.15, 0.2) is 30.3 Å². The van der Waals surface area contributed by atoms with Crippen LogP contribution in [0.3, 0.4) is 0 Å². The molecule has 2 fully saturated rings. The van der Waals surface area contributed by atoms with Gasteiger partial charge in [-0.05, 0) is 6.42 Å². The third-order valence-corrected chi connectivity index (χ3v) is 5.87. The minimum Gasteiger partial charge on any atom is -0.299 e. The number of anilines is 1. The van der Waals surface area contributed by atoms with Gasteiger partial charge in [0.1, 0.15) is 11.0 Å². The van der Waals surface area contributed by atoms with Crippen LogP contribution in [0.4, 0.5) is 5.13 Å². The Morgan fingerprint density at radius 1 is 1.23 bits per heavy atom. The van der Waals surface area contributed by atoms with Gasteiger partial charge < -0.3 is 0 Å². The molecule has 4 atom stereocenters. The number of rotatable bonds is 4. The van der Waals surface area contributed by atoms with Gasteiger partial charge in [0.15, 0.2) is 0 Å². The minimum atomic E-state index is -0.584. The summed E-state index contributed by atoms with van der Waals surface area (Å²) in [5.74, 6) is -0.356. The maximum Gasteiger partial charge on any atom is 0.245 e. The Morgan fingerprint density at radius 3 is 2.81 bits per heavy atom. The van der Waals surface area contributed by atoms with E-state index in [4.69, 9.17) is 0 Å². The molecule has 0 spiro atoms. The Balaban J connectivity index is 1.43. The van der Waals surface area contributed by atoms with Crippen LogP contribution in [-0.4, -0.2) is 39.2 Å². The molecule has 1 saturated carbocycles. The van der Waals surface area contributed by atoms with Crippen molar-refractivity contribution in [3.63, 3.8) is 0 Å². The first-order valence-corrected chi connectivity index (χ1v) is 9.28. The average Bonchev–Trinajstić information content (AvgIpc) is 3.28. The second-order valence-corrected chi connectivity index (χ2v) is 7.53. The predicted molar refractivity (Wildman–Crippen MR) is 95.9 cm³/mol. The molecule has 136 valence electrons. The Bertz CT molecular complexity index is 813. The lowest BCUT2D eigenvalue weighted by Gasteiger charge is -2.28. The van der Waals surface area contributed by atoms with Crippen LogP contribution in [0.25, 0.3) is 10.6 Å². The average molecular weight is 374 g/mol. The van der Waals surface area contributed by atoms with Crippen molar-refractivity contribution in [2.24, 2.45) is 5.92 Å². The van der Waals surface area contributed by atoms with E-state index in [9.17, 15) is 14.9 Å². The maximum absolute atomic E-state index is 12.6. The van der Waals surface area contributed by atoms with Crippen LogP contribution in [-0.2, 0) is 4.79 Å². The third kappa shape index (κ3) is 3.30. The Morgan fingerprint density at radius 2 is 2.04 bits per heavy atom. The van der Waals surface area contributed by atoms with Gasteiger partial charge in [0.25, 0.3) is 0 Å². The van der Waals surface area contributed by atoms with E-state index in [1.165, 1.54) is 11.3 Å². The standard InChI is InChI=1S/C16H18N6O3S/c23-14(13-11-8-10(22(24)25)6-7-12(11)18-19-13)17-16-21-20-15(26-16)9-4-2-1-3-5-9/h1-5,10-13,18-19H,6-8H2,(H,17,21,23). The van der Waals surface area contributed by atoms with Gasteiger partial charge in [-0.25, -0.2) is 5.43 Å². The number of amides is 1. The molecule has 1 saturated heterocycles. The second kappa shape index (κ2) is 7.06. The van der Waals surface area contributed by atoms with E-state index in [-0.39, 0.29) is 22.8 Å². The summed E-state index contributed by atoms with van der Waals surface area (Å²) >= 11 is 1.30. The molecule has 10 heteroatoms. The molecule has 26 heavy (non-hydrogen) atoms. The molecule has 3 N–H and O–H groups in total. The van der Waals surface area contributed by atoms with Gasteiger partial charge >= 0.3 is 0 Å². The molecule has 1 amide bonds.